The smallest absolute Gasteiger partial charge is 0.170 e. The van der Waals surface area contributed by atoms with Crippen molar-refractivity contribution in [1.29, 1.82) is 0 Å². The molecule has 5 nitrogen and oxygen atoms in total. The highest BCUT2D eigenvalue weighted by atomic mass is 32.2. The maximum absolute atomic E-state index is 11.2. The molecule has 0 atom stereocenters. The van der Waals surface area contributed by atoms with E-state index in [4.69, 9.17) is 16.6 Å². The maximum Gasteiger partial charge on any atom is 0.170 e. The van der Waals surface area contributed by atoms with E-state index >= 15 is 0 Å². The van der Waals surface area contributed by atoms with Crippen molar-refractivity contribution < 1.29 is 12.8 Å². The van der Waals surface area contributed by atoms with Crippen LogP contribution in [0.4, 0.5) is 0 Å². The highest BCUT2D eigenvalue weighted by Gasteiger charge is 2.20. The van der Waals surface area contributed by atoms with Crippen molar-refractivity contribution in [3.63, 3.8) is 0 Å². The van der Waals surface area contributed by atoms with E-state index in [0.717, 1.165) is 5.76 Å². The van der Waals surface area contributed by atoms with Crippen molar-refractivity contribution in [2.75, 3.05) is 11.5 Å². The van der Waals surface area contributed by atoms with Gasteiger partial charge in [0.2, 0.25) is 0 Å². The van der Waals surface area contributed by atoms with Crippen LogP contribution in [0.5, 0.6) is 0 Å². The number of nitrogens with one attached hydrogen (secondary N) is 2. The van der Waals surface area contributed by atoms with Crippen LogP contribution >= 0.6 is 12.2 Å². The average Bonchev–Trinajstić information content (AvgIpc) is 2.85. The highest BCUT2D eigenvalue weighted by molar-refractivity contribution is 7.92. The number of sulfone groups is 1. The molecule has 0 fully saturated rings. The van der Waals surface area contributed by atoms with Gasteiger partial charge in [-0.15, -0.1) is 0 Å². The van der Waals surface area contributed by atoms with Crippen molar-refractivity contribution in [2.24, 2.45) is 0 Å². The Hall–Kier alpha value is -1.34. The van der Waals surface area contributed by atoms with Gasteiger partial charge in [0.15, 0.2) is 14.9 Å². The molecule has 2 N–H and O–H groups in total. The molecule has 7 heteroatoms. The van der Waals surface area contributed by atoms with Crippen LogP contribution in [0.2, 0.25) is 0 Å². The summed E-state index contributed by atoms with van der Waals surface area (Å²) >= 11 is 5.04. The summed E-state index contributed by atoms with van der Waals surface area (Å²) in [5.41, 5.74) is 0.627. The Morgan fingerprint density at radius 2 is 2.35 bits per heavy atom. The molecule has 0 saturated heterocycles. The standard InChI is InChI=1S/C10H12N2O3S2/c13-17(14)5-3-8(7-17)12-10(16)11-6-9-2-1-4-15-9/h1-4H,5-7H2,(H2,11,12,16). The lowest BCUT2D eigenvalue weighted by molar-refractivity contribution is 0.503. The summed E-state index contributed by atoms with van der Waals surface area (Å²) in [7, 11) is -2.96. The first-order valence-corrected chi connectivity index (χ1v) is 7.25. The fourth-order valence-electron chi connectivity index (χ4n) is 1.44. The van der Waals surface area contributed by atoms with E-state index < -0.39 is 9.84 Å². The fourth-order valence-corrected chi connectivity index (χ4v) is 2.88. The molecule has 0 aromatic carbocycles. The van der Waals surface area contributed by atoms with Gasteiger partial charge in [0.1, 0.15) is 5.76 Å². The zero-order valence-corrected chi connectivity index (χ0v) is 10.6. The number of hydrogen-bond acceptors (Lipinski definition) is 4. The molecule has 1 aliphatic heterocycles. The van der Waals surface area contributed by atoms with Gasteiger partial charge in [-0.25, -0.2) is 8.42 Å². The Kier molecular flexibility index (Phi) is 3.49. The second kappa shape index (κ2) is 4.89. The molecule has 92 valence electrons. The first-order valence-electron chi connectivity index (χ1n) is 5.02. The summed E-state index contributed by atoms with van der Waals surface area (Å²) in [5, 5.41) is 6.18. The van der Waals surface area contributed by atoms with Gasteiger partial charge in [-0.3, -0.25) is 0 Å². The van der Waals surface area contributed by atoms with E-state index in [1.807, 2.05) is 6.07 Å². The Morgan fingerprint density at radius 1 is 1.53 bits per heavy atom. The molecular formula is C10H12N2O3S2. The van der Waals surface area contributed by atoms with Gasteiger partial charge in [0.25, 0.3) is 0 Å². The SMILES string of the molecule is O=S1(=O)CC=C(NC(=S)NCc2ccco2)C1. The molecule has 0 aliphatic carbocycles. The number of thiocarbonyl (C=S) groups is 1. The Bertz CT molecular complexity index is 532. The molecule has 0 spiro atoms. The normalized spacial score (nSPS) is 17.5. The molecule has 1 aromatic rings. The minimum atomic E-state index is -2.96. The Balaban J connectivity index is 1.79. The van der Waals surface area contributed by atoms with Crippen LogP contribution in [-0.2, 0) is 16.4 Å². The average molecular weight is 272 g/mol. The molecule has 0 bridgehead atoms. The molecule has 0 unspecified atom stereocenters. The topological polar surface area (TPSA) is 71.3 Å². The third-order valence-electron chi connectivity index (χ3n) is 2.24. The fraction of sp³-hybridized carbons (Fsp3) is 0.300. The lowest BCUT2D eigenvalue weighted by Crippen LogP contribution is -2.34. The van der Waals surface area contributed by atoms with Crippen molar-refractivity contribution in [2.45, 2.75) is 6.54 Å². The third kappa shape index (κ3) is 3.57. The van der Waals surface area contributed by atoms with Crippen LogP contribution in [0.25, 0.3) is 0 Å². The lowest BCUT2D eigenvalue weighted by atomic mass is 10.4. The zero-order chi connectivity index (χ0) is 12.3. The quantitative estimate of drug-likeness (QED) is 0.783. The van der Waals surface area contributed by atoms with Gasteiger partial charge >= 0.3 is 0 Å². The summed E-state index contributed by atoms with van der Waals surface area (Å²) in [6.45, 7) is 0.471. The van der Waals surface area contributed by atoms with Crippen LogP contribution < -0.4 is 10.6 Å². The monoisotopic (exact) mass is 272 g/mol. The first-order chi connectivity index (χ1) is 8.05. The van der Waals surface area contributed by atoms with Gasteiger partial charge in [-0.05, 0) is 30.4 Å². The molecule has 2 heterocycles. The predicted octanol–water partition coefficient (Wildman–Crippen LogP) is 0.556. The second-order valence-electron chi connectivity index (χ2n) is 3.67. The van der Waals surface area contributed by atoms with Gasteiger partial charge in [-0.2, -0.15) is 0 Å². The largest absolute Gasteiger partial charge is 0.467 e. The van der Waals surface area contributed by atoms with Crippen molar-refractivity contribution in [1.82, 2.24) is 10.6 Å². The van der Waals surface area contributed by atoms with Crippen LogP contribution in [0.15, 0.2) is 34.6 Å². The summed E-state index contributed by atoms with van der Waals surface area (Å²) in [6.07, 6.45) is 3.22. The minimum Gasteiger partial charge on any atom is -0.467 e. The lowest BCUT2D eigenvalue weighted by Gasteiger charge is -2.09. The van der Waals surface area contributed by atoms with Crippen LogP contribution in [0.1, 0.15) is 5.76 Å². The molecule has 17 heavy (non-hydrogen) atoms. The Labute approximate surface area is 105 Å². The number of furan rings is 1. The van der Waals surface area contributed by atoms with Crippen molar-refractivity contribution in [3.8, 4) is 0 Å². The van der Waals surface area contributed by atoms with E-state index in [1.54, 1.807) is 18.4 Å². The molecule has 2 rings (SSSR count). The van der Waals surface area contributed by atoms with Gasteiger partial charge in [-0.1, -0.05) is 0 Å². The van der Waals surface area contributed by atoms with E-state index in [-0.39, 0.29) is 11.5 Å². The Morgan fingerprint density at radius 3 is 2.94 bits per heavy atom. The summed E-state index contributed by atoms with van der Waals surface area (Å²) in [6, 6.07) is 3.62. The maximum atomic E-state index is 11.2. The predicted molar refractivity (Wildman–Crippen MR) is 68.0 cm³/mol. The van der Waals surface area contributed by atoms with Crippen molar-refractivity contribution >= 4 is 27.2 Å². The van der Waals surface area contributed by atoms with Crippen LogP contribution in [-0.4, -0.2) is 25.0 Å². The van der Waals surface area contributed by atoms with E-state index in [9.17, 15) is 8.42 Å². The molecular weight excluding hydrogens is 260 g/mol. The van der Waals surface area contributed by atoms with Crippen LogP contribution in [0.3, 0.4) is 0 Å². The molecule has 0 saturated carbocycles. The highest BCUT2D eigenvalue weighted by Crippen LogP contribution is 2.08. The number of rotatable bonds is 3. The minimum absolute atomic E-state index is 0.0234. The summed E-state index contributed by atoms with van der Waals surface area (Å²) < 4.78 is 27.5. The third-order valence-corrected chi connectivity index (χ3v) is 3.91. The van der Waals surface area contributed by atoms with E-state index in [1.165, 1.54) is 0 Å². The van der Waals surface area contributed by atoms with E-state index in [2.05, 4.69) is 10.6 Å². The zero-order valence-electron chi connectivity index (χ0n) is 8.97. The summed E-state index contributed by atoms with van der Waals surface area (Å²) in [5.74, 6) is 0.869. The first kappa shape index (κ1) is 12.1. The molecule has 1 aliphatic rings. The van der Waals surface area contributed by atoms with Gasteiger partial charge in [0, 0.05) is 5.70 Å². The molecule has 1 aromatic heterocycles. The van der Waals surface area contributed by atoms with Crippen molar-refractivity contribution in [3.05, 3.63) is 35.9 Å². The van der Waals surface area contributed by atoms with Gasteiger partial charge < -0.3 is 15.1 Å². The van der Waals surface area contributed by atoms with Gasteiger partial charge in [0.05, 0.1) is 24.3 Å². The molecule has 0 amide bonds. The summed E-state index contributed by atoms with van der Waals surface area (Å²) in [4.78, 5) is 0. The van der Waals surface area contributed by atoms with E-state index in [0.29, 0.717) is 17.4 Å². The van der Waals surface area contributed by atoms with Crippen LogP contribution in [0, 0.1) is 0 Å². The second-order valence-corrected chi connectivity index (χ2v) is 6.19. The molecule has 0 radical (unpaired) electrons. The number of hydrogen-bond donors (Lipinski definition) is 2.